The van der Waals surface area contributed by atoms with Gasteiger partial charge in [-0.25, -0.2) is 0 Å². The Balaban J connectivity index is 1.81. The lowest BCUT2D eigenvalue weighted by Gasteiger charge is -2.26. The van der Waals surface area contributed by atoms with Crippen molar-refractivity contribution in [3.05, 3.63) is 101 Å². The molecule has 1 aliphatic heterocycles. The number of hydrogen-bond donors (Lipinski definition) is 1. The van der Waals surface area contributed by atoms with Crippen LogP contribution in [0.15, 0.2) is 84.4 Å². The molecule has 192 valence electrons. The van der Waals surface area contributed by atoms with Gasteiger partial charge in [-0.3, -0.25) is 9.59 Å². The number of benzene rings is 3. The van der Waals surface area contributed by atoms with Gasteiger partial charge in [0.2, 0.25) is 0 Å². The highest BCUT2D eigenvalue weighted by Gasteiger charge is 2.46. The van der Waals surface area contributed by atoms with Gasteiger partial charge in [-0.05, 0) is 42.5 Å². The third-order valence-corrected chi connectivity index (χ3v) is 6.32. The smallest absolute Gasteiger partial charge is 0.295 e. The lowest BCUT2D eigenvalue weighted by atomic mass is 9.94. The fourth-order valence-corrected chi connectivity index (χ4v) is 4.41. The monoisotopic (exact) mass is 499 g/mol. The topological polar surface area (TPSA) is 76.1 Å². The molecule has 1 heterocycles. The van der Waals surface area contributed by atoms with Gasteiger partial charge in [-0.15, -0.1) is 0 Å². The van der Waals surface area contributed by atoms with Crippen LogP contribution in [-0.2, 0) is 16.1 Å². The van der Waals surface area contributed by atoms with Crippen LogP contribution in [0, 0.1) is 5.92 Å². The zero-order chi connectivity index (χ0) is 26.4. The molecule has 6 heteroatoms. The van der Waals surface area contributed by atoms with E-state index in [9.17, 15) is 14.7 Å². The number of Topliss-reactive ketones (excluding diaryl/α,β-unsaturated/α-hetero) is 1. The highest BCUT2D eigenvalue weighted by molar-refractivity contribution is 6.46. The number of ketones is 1. The molecule has 0 bridgehead atoms. The van der Waals surface area contributed by atoms with Crippen molar-refractivity contribution in [1.82, 2.24) is 4.90 Å². The molecule has 1 saturated heterocycles. The van der Waals surface area contributed by atoms with Crippen LogP contribution in [0.4, 0.5) is 0 Å². The van der Waals surface area contributed by atoms with Crippen LogP contribution in [-0.4, -0.2) is 34.9 Å². The molecule has 0 saturated carbocycles. The summed E-state index contributed by atoms with van der Waals surface area (Å²) >= 11 is 0. The summed E-state index contributed by atoms with van der Waals surface area (Å²) in [5.41, 5.74) is 2.08. The van der Waals surface area contributed by atoms with Gasteiger partial charge in [-0.2, -0.15) is 0 Å². The van der Waals surface area contributed by atoms with E-state index in [1.807, 2.05) is 55.5 Å². The Hall–Kier alpha value is -4.06. The first-order valence-electron chi connectivity index (χ1n) is 12.7. The summed E-state index contributed by atoms with van der Waals surface area (Å²) in [6.45, 7) is 7.37. The largest absolute Gasteiger partial charge is 0.507 e. The molecule has 0 radical (unpaired) electrons. The normalized spacial score (nSPS) is 16.9. The minimum Gasteiger partial charge on any atom is -0.507 e. The SMILES string of the molecule is CCOc1cc(C2/C(=C(\O)c3ccccc3)C(=O)C(=O)N2Cc2ccccc2)ccc1OCCC(C)C. The van der Waals surface area contributed by atoms with E-state index < -0.39 is 17.7 Å². The van der Waals surface area contributed by atoms with E-state index in [1.165, 1.54) is 4.90 Å². The predicted octanol–water partition coefficient (Wildman–Crippen LogP) is 6.13. The van der Waals surface area contributed by atoms with Gasteiger partial charge in [0.05, 0.1) is 24.8 Å². The van der Waals surface area contributed by atoms with Gasteiger partial charge in [0.1, 0.15) is 5.76 Å². The van der Waals surface area contributed by atoms with Gasteiger partial charge in [0.25, 0.3) is 11.7 Å². The fraction of sp³-hybridized carbons (Fsp3) is 0.290. The standard InChI is InChI=1S/C31H33NO5/c1-4-36-26-19-24(15-16-25(26)37-18-17-21(2)3)28-27(29(33)23-13-9-6-10-14-23)30(34)31(35)32(28)20-22-11-7-5-8-12-22/h5-16,19,21,28,33H,4,17-18,20H2,1-3H3/b29-27+. The van der Waals surface area contributed by atoms with Crippen LogP contribution in [0.2, 0.25) is 0 Å². The van der Waals surface area contributed by atoms with E-state index in [0.717, 1.165) is 12.0 Å². The van der Waals surface area contributed by atoms with Crippen molar-refractivity contribution < 1.29 is 24.2 Å². The number of carbonyl (C=O) groups is 2. The molecular weight excluding hydrogens is 466 g/mol. The Morgan fingerprint density at radius 3 is 2.24 bits per heavy atom. The Morgan fingerprint density at radius 1 is 0.919 bits per heavy atom. The van der Waals surface area contributed by atoms with Crippen LogP contribution in [0.3, 0.4) is 0 Å². The van der Waals surface area contributed by atoms with E-state index in [0.29, 0.717) is 41.8 Å². The minimum atomic E-state index is -0.788. The average Bonchev–Trinajstić information content (AvgIpc) is 3.15. The summed E-state index contributed by atoms with van der Waals surface area (Å²) < 4.78 is 11.9. The Bertz CT molecular complexity index is 1270. The maximum absolute atomic E-state index is 13.3. The van der Waals surface area contributed by atoms with Gasteiger partial charge in [0, 0.05) is 12.1 Å². The third-order valence-electron chi connectivity index (χ3n) is 6.32. The second kappa shape index (κ2) is 11.8. The molecule has 1 fully saturated rings. The number of carbonyl (C=O) groups excluding carboxylic acids is 2. The number of aliphatic hydroxyl groups excluding tert-OH is 1. The first-order chi connectivity index (χ1) is 17.9. The first kappa shape index (κ1) is 26.0. The van der Waals surface area contributed by atoms with E-state index >= 15 is 0 Å². The molecule has 1 atom stereocenters. The number of rotatable bonds is 10. The summed E-state index contributed by atoms with van der Waals surface area (Å²) in [4.78, 5) is 28.1. The molecule has 0 aliphatic carbocycles. The van der Waals surface area contributed by atoms with Crippen LogP contribution in [0.25, 0.3) is 5.76 Å². The van der Waals surface area contributed by atoms with Crippen LogP contribution in [0.5, 0.6) is 11.5 Å². The number of nitrogens with zero attached hydrogens (tertiary/aromatic N) is 1. The second-order valence-corrected chi connectivity index (χ2v) is 9.45. The van der Waals surface area contributed by atoms with E-state index in [2.05, 4.69) is 13.8 Å². The van der Waals surface area contributed by atoms with E-state index in [1.54, 1.807) is 30.3 Å². The highest BCUT2D eigenvalue weighted by atomic mass is 16.5. The molecule has 4 rings (SSSR count). The molecule has 1 N–H and O–H groups in total. The average molecular weight is 500 g/mol. The molecular formula is C31H33NO5. The number of hydrogen-bond acceptors (Lipinski definition) is 5. The summed E-state index contributed by atoms with van der Waals surface area (Å²) in [7, 11) is 0. The van der Waals surface area contributed by atoms with Crippen LogP contribution >= 0.6 is 0 Å². The molecule has 37 heavy (non-hydrogen) atoms. The maximum Gasteiger partial charge on any atom is 0.295 e. The van der Waals surface area contributed by atoms with Gasteiger partial charge < -0.3 is 19.5 Å². The zero-order valence-corrected chi connectivity index (χ0v) is 21.5. The van der Waals surface area contributed by atoms with Crippen molar-refractivity contribution in [2.24, 2.45) is 5.92 Å². The molecule has 3 aromatic rings. The van der Waals surface area contributed by atoms with Crippen molar-refractivity contribution in [3.8, 4) is 11.5 Å². The number of likely N-dealkylation sites (tertiary alicyclic amines) is 1. The van der Waals surface area contributed by atoms with Crippen LogP contribution < -0.4 is 9.47 Å². The molecule has 1 amide bonds. The number of aliphatic hydroxyl groups is 1. The van der Waals surface area contributed by atoms with E-state index in [-0.39, 0.29) is 17.9 Å². The highest BCUT2D eigenvalue weighted by Crippen LogP contribution is 2.42. The molecule has 1 unspecified atom stereocenters. The van der Waals surface area contributed by atoms with E-state index in [4.69, 9.17) is 9.47 Å². The fourth-order valence-electron chi connectivity index (χ4n) is 4.41. The first-order valence-corrected chi connectivity index (χ1v) is 12.7. The lowest BCUT2D eigenvalue weighted by molar-refractivity contribution is -0.140. The molecule has 1 aliphatic rings. The Kier molecular flexibility index (Phi) is 8.29. The van der Waals surface area contributed by atoms with Crippen molar-refractivity contribution in [2.75, 3.05) is 13.2 Å². The van der Waals surface area contributed by atoms with Gasteiger partial charge >= 0.3 is 0 Å². The van der Waals surface area contributed by atoms with Crippen molar-refractivity contribution >= 4 is 17.4 Å². The lowest BCUT2D eigenvalue weighted by Crippen LogP contribution is -2.29. The third kappa shape index (κ3) is 5.85. The molecule has 0 spiro atoms. The minimum absolute atomic E-state index is 0.0584. The molecule has 6 nitrogen and oxygen atoms in total. The maximum atomic E-state index is 13.3. The van der Waals surface area contributed by atoms with Crippen molar-refractivity contribution in [2.45, 2.75) is 39.8 Å². The Morgan fingerprint density at radius 2 is 1.59 bits per heavy atom. The quantitative estimate of drug-likeness (QED) is 0.206. The summed E-state index contributed by atoms with van der Waals surface area (Å²) in [5, 5.41) is 11.2. The molecule has 0 aromatic heterocycles. The number of amides is 1. The van der Waals surface area contributed by atoms with Crippen molar-refractivity contribution in [1.29, 1.82) is 0 Å². The number of ether oxygens (including phenoxy) is 2. The zero-order valence-electron chi connectivity index (χ0n) is 21.5. The predicted molar refractivity (Wildman–Crippen MR) is 143 cm³/mol. The van der Waals surface area contributed by atoms with Gasteiger partial charge in [0.15, 0.2) is 11.5 Å². The Labute approximate surface area is 218 Å². The molecule has 3 aromatic carbocycles. The summed E-state index contributed by atoms with van der Waals surface area (Å²) in [5.74, 6) is 0.0856. The van der Waals surface area contributed by atoms with Crippen LogP contribution in [0.1, 0.15) is 49.9 Å². The second-order valence-electron chi connectivity index (χ2n) is 9.45. The van der Waals surface area contributed by atoms with Gasteiger partial charge in [-0.1, -0.05) is 80.6 Å². The summed E-state index contributed by atoms with van der Waals surface area (Å²) in [6, 6.07) is 23.0. The summed E-state index contributed by atoms with van der Waals surface area (Å²) in [6.07, 6.45) is 0.904. The van der Waals surface area contributed by atoms with Crippen molar-refractivity contribution in [3.63, 3.8) is 0 Å².